The first-order valence-corrected chi connectivity index (χ1v) is 9.38. The van der Waals surface area contributed by atoms with Crippen molar-refractivity contribution >= 4 is 21.8 Å². The van der Waals surface area contributed by atoms with Crippen LogP contribution in [0.3, 0.4) is 0 Å². The maximum Gasteiger partial charge on any atom is 0.274 e. The van der Waals surface area contributed by atoms with Gasteiger partial charge in [-0.1, -0.05) is 40.2 Å². The van der Waals surface area contributed by atoms with E-state index < -0.39 is 0 Å². The predicted molar refractivity (Wildman–Crippen MR) is 102 cm³/mol. The summed E-state index contributed by atoms with van der Waals surface area (Å²) in [5.41, 5.74) is 1.62. The fraction of sp³-hybridized carbons (Fsp3) is 0.200. The molecule has 1 unspecified atom stereocenters. The van der Waals surface area contributed by atoms with Crippen molar-refractivity contribution < 1.29 is 13.9 Å². The second kappa shape index (κ2) is 7.62. The zero-order chi connectivity index (χ0) is 18.8. The van der Waals surface area contributed by atoms with Gasteiger partial charge in [-0.25, -0.2) is 9.07 Å². The number of carbonyl (C=O) groups excluding carboxylic acids is 1. The number of ether oxygens (including phenoxy) is 1. The number of benzene rings is 2. The van der Waals surface area contributed by atoms with Gasteiger partial charge in [0.1, 0.15) is 17.6 Å². The number of rotatable bonds is 3. The molecule has 0 aliphatic carbocycles. The first kappa shape index (κ1) is 17.9. The van der Waals surface area contributed by atoms with Crippen LogP contribution in [0.4, 0.5) is 4.39 Å². The molecule has 0 saturated carbocycles. The molecule has 1 amide bonds. The molecule has 1 saturated heterocycles. The van der Waals surface area contributed by atoms with Crippen LogP contribution in [0.25, 0.3) is 5.69 Å². The summed E-state index contributed by atoms with van der Waals surface area (Å²) in [6.07, 6.45) is 1.42. The zero-order valence-electron chi connectivity index (χ0n) is 14.4. The topological polar surface area (TPSA) is 47.4 Å². The molecular weight excluding hydrogens is 413 g/mol. The van der Waals surface area contributed by atoms with Crippen LogP contribution < -0.4 is 0 Å². The van der Waals surface area contributed by atoms with Gasteiger partial charge in [0.2, 0.25) is 0 Å². The van der Waals surface area contributed by atoms with Gasteiger partial charge >= 0.3 is 0 Å². The number of morpholine rings is 1. The van der Waals surface area contributed by atoms with Gasteiger partial charge in [-0.3, -0.25) is 4.79 Å². The van der Waals surface area contributed by atoms with E-state index in [9.17, 15) is 9.18 Å². The molecule has 3 aromatic rings. The maximum absolute atomic E-state index is 13.9. The Labute approximate surface area is 164 Å². The zero-order valence-corrected chi connectivity index (χ0v) is 16.0. The summed E-state index contributed by atoms with van der Waals surface area (Å²) in [5, 5.41) is 4.26. The molecule has 1 fully saturated rings. The van der Waals surface area contributed by atoms with Crippen LogP contribution in [-0.4, -0.2) is 40.3 Å². The van der Waals surface area contributed by atoms with Crippen molar-refractivity contribution in [2.45, 2.75) is 6.10 Å². The van der Waals surface area contributed by atoms with Crippen LogP contribution in [0.1, 0.15) is 22.2 Å². The second-order valence-electron chi connectivity index (χ2n) is 6.26. The summed E-state index contributed by atoms with van der Waals surface area (Å²) in [5.74, 6) is -0.572. The fourth-order valence-electron chi connectivity index (χ4n) is 3.08. The predicted octanol–water partition coefficient (Wildman–Crippen LogP) is 3.99. The monoisotopic (exact) mass is 429 g/mol. The van der Waals surface area contributed by atoms with Crippen LogP contribution in [0.5, 0.6) is 0 Å². The van der Waals surface area contributed by atoms with E-state index >= 15 is 0 Å². The van der Waals surface area contributed by atoms with Crippen LogP contribution >= 0.6 is 15.9 Å². The van der Waals surface area contributed by atoms with Crippen LogP contribution in [-0.2, 0) is 4.74 Å². The Kier molecular flexibility index (Phi) is 5.05. The van der Waals surface area contributed by atoms with Crippen molar-refractivity contribution in [2.75, 3.05) is 19.7 Å². The first-order valence-electron chi connectivity index (χ1n) is 8.59. The Hall–Kier alpha value is -2.51. The number of halogens is 2. The molecule has 5 nitrogen and oxygen atoms in total. The normalized spacial score (nSPS) is 17.1. The molecule has 7 heteroatoms. The van der Waals surface area contributed by atoms with E-state index in [0.29, 0.717) is 25.4 Å². The molecular formula is C20H17BrFN3O2. The number of para-hydroxylation sites is 1. The molecule has 1 aromatic heterocycles. The van der Waals surface area contributed by atoms with Gasteiger partial charge < -0.3 is 9.64 Å². The lowest BCUT2D eigenvalue weighted by Crippen LogP contribution is -2.42. The highest BCUT2D eigenvalue weighted by molar-refractivity contribution is 9.10. The smallest absolute Gasteiger partial charge is 0.274 e. The largest absolute Gasteiger partial charge is 0.370 e. The quantitative estimate of drug-likeness (QED) is 0.632. The van der Waals surface area contributed by atoms with Gasteiger partial charge in [0.15, 0.2) is 5.69 Å². The van der Waals surface area contributed by atoms with Crippen molar-refractivity contribution in [1.82, 2.24) is 14.7 Å². The summed E-state index contributed by atoms with van der Waals surface area (Å²) < 4.78 is 22.1. The van der Waals surface area contributed by atoms with Gasteiger partial charge in [0.25, 0.3) is 5.91 Å². The van der Waals surface area contributed by atoms with E-state index in [4.69, 9.17) is 4.74 Å². The summed E-state index contributed by atoms with van der Waals surface area (Å²) in [7, 11) is 0. The number of carbonyl (C=O) groups is 1. The third kappa shape index (κ3) is 3.79. The highest BCUT2D eigenvalue weighted by atomic mass is 79.9. The first-order chi connectivity index (χ1) is 13.1. The van der Waals surface area contributed by atoms with Gasteiger partial charge in [0, 0.05) is 17.2 Å². The van der Waals surface area contributed by atoms with E-state index in [1.165, 1.54) is 10.7 Å². The standard InChI is InChI=1S/C20H17BrFN3O2/c21-15-7-5-14(6-8-15)19-13-24(11-12-27-19)20(26)17-9-10-25(23-17)18-4-2-1-3-16(18)22/h1-10,19H,11-13H2. The van der Waals surface area contributed by atoms with E-state index in [2.05, 4.69) is 21.0 Å². The third-order valence-electron chi connectivity index (χ3n) is 4.50. The highest BCUT2D eigenvalue weighted by Crippen LogP contribution is 2.24. The average molecular weight is 430 g/mol. The van der Waals surface area contributed by atoms with Crippen LogP contribution in [0.15, 0.2) is 65.3 Å². The lowest BCUT2D eigenvalue weighted by Gasteiger charge is -2.32. The Bertz CT molecular complexity index is 958. The van der Waals surface area contributed by atoms with E-state index in [0.717, 1.165) is 10.0 Å². The molecule has 27 heavy (non-hydrogen) atoms. The van der Waals surface area contributed by atoms with Gasteiger partial charge in [-0.2, -0.15) is 5.10 Å². The van der Waals surface area contributed by atoms with Gasteiger partial charge in [-0.05, 0) is 35.9 Å². The molecule has 0 bridgehead atoms. The summed E-state index contributed by atoms with van der Waals surface area (Å²) >= 11 is 3.42. The number of nitrogens with zero attached hydrogens (tertiary/aromatic N) is 3. The third-order valence-corrected chi connectivity index (χ3v) is 5.03. The Morgan fingerprint density at radius 1 is 1.15 bits per heavy atom. The molecule has 138 valence electrons. The summed E-state index contributed by atoms with van der Waals surface area (Å²) in [6.45, 7) is 1.41. The Morgan fingerprint density at radius 3 is 2.70 bits per heavy atom. The Balaban J connectivity index is 1.51. The fourth-order valence-corrected chi connectivity index (χ4v) is 3.35. The van der Waals surface area contributed by atoms with Crippen molar-refractivity contribution in [2.24, 2.45) is 0 Å². The van der Waals surface area contributed by atoms with Gasteiger partial charge in [-0.15, -0.1) is 0 Å². The van der Waals surface area contributed by atoms with E-state index in [1.54, 1.807) is 35.4 Å². The summed E-state index contributed by atoms with van der Waals surface area (Å²) in [6, 6.07) is 15.8. The molecule has 1 atom stereocenters. The minimum absolute atomic E-state index is 0.176. The maximum atomic E-state index is 13.9. The molecule has 0 N–H and O–H groups in total. The van der Waals surface area contributed by atoms with Crippen LogP contribution in [0, 0.1) is 5.82 Å². The minimum Gasteiger partial charge on any atom is -0.370 e. The van der Waals surface area contributed by atoms with Crippen molar-refractivity contribution in [1.29, 1.82) is 0 Å². The van der Waals surface area contributed by atoms with Crippen molar-refractivity contribution in [3.8, 4) is 5.69 Å². The molecule has 1 aliphatic rings. The Morgan fingerprint density at radius 2 is 1.93 bits per heavy atom. The van der Waals surface area contributed by atoms with E-state index in [-0.39, 0.29) is 23.5 Å². The SMILES string of the molecule is O=C(c1ccn(-c2ccccc2F)n1)N1CCOC(c2ccc(Br)cc2)C1. The molecule has 0 radical (unpaired) electrons. The lowest BCUT2D eigenvalue weighted by atomic mass is 10.1. The lowest BCUT2D eigenvalue weighted by molar-refractivity contribution is -0.0230. The number of amides is 1. The molecule has 2 heterocycles. The van der Waals surface area contributed by atoms with Crippen molar-refractivity contribution in [3.63, 3.8) is 0 Å². The van der Waals surface area contributed by atoms with Crippen molar-refractivity contribution in [3.05, 3.63) is 82.3 Å². The molecule has 1 aliphatic heterocycles. The van der Waals surface area contributed by atoms with Crippen LogP contribution in [0.2, 0.25) is 0 Å². The molecule has 2 aromatic carbocycles. The number of hydrogen-bond donors (Lipinski definition) is 0. The van der Waals surface area contributed by atoms with E-state index in [1.807, 2.05) is 24.3 Å². The average Bonchev–Trinajstić information content (AvgIpc) is 3.18. The minimum atomic E-state index is -0.388. The highest BCUT2D eigenvalue weighted by Gasteiger charge is 2.27. The molecule has 0 spiro atoms. The number of hydrogen-bond acceptors (Lipinski definition) is 3. The summed E-state index contributed by atoms with van der Waals surface area (Å²) in [4.78, 5) is 14.6. The van der Waals surface area contributed by atoms with Gasteiger partial charge in [0.05, 0.1) is 13.2 Å². The molecule has 4 rings (SSSR count). The second-order valence-corrected chi connectivity index (χ2v) is 7.17. The number of aromatic nitrogens is 2.